The van der Waals surface area contributed by atoms with Gasteiger partial charge in [0.2, 0.25) is 5.82 Å². The predicted octanol–water partition coefficient (Wildman–Crippen LogP) is 2.67. The zero-order valence-corrected chi connectivity index (χ0v) is 17.1. The van der Waals surface area contributed by atoms with E-state index < -0.39 is 23.4 Å². The Labute approximate surface area is 175 Å². The number of alkyl halides is 3. The summed E-state index contributed by atoms with van der Waals surface area (Å²) in [4.78, 5) is 25.4. The molecule has 1 saturated heterocycles. The number of amides is 1. The van der Waals surface area contributed by atoms with E-state index in [-0.39, 0.29) is 41.5 Å². The molecule has 0 radical (unpaired) electrons. The first kappa shape index (κ1) is 22.4. The largest absolute Gasteiger partial charge is 0.496 e. The van der Waals surface area contributed by atoms with Gasteiger partial charge in [0.25, 0.3) is 5.56 Å². The summed E-state index contributed by atoms with van der Waals surface area (Å²) in [6.07, 6.45) is -4.94. The number of rotatable bonds is 4. The van der Waals surface area contributed by atoms with E-state index in [9.17, 15) is 27.9 Å². The lowest BCUT2D eigenvalue weighted by atomic mass is 9.96. The number of benzene rings is 1. The van der Waals surface area contributed by atoms with Crippen LogP contribution in [0.25, 0.3) is 11.4 Å². The van der Waals surface area contributed by atoms with Gasteiger partial charge in [-0.05, 0) is 30.5 Å². The maximum atomic E-state index is 13.0. The van der Waals surface area contributed by atoms with E-state index in [1.165, 1.54) is 25.1 Å². The van der Waals surface area contributed by atoms with Crippen molar-refractivity contribution in [2.24, 2.45) is 13.0 Å². The molecule has 1 fully saturated rings. The predicted molar refractivity (Wildman–Crippen MR) is 105 cm³/mol. The molecule has 2 heterocycles. The molecule has 168 valence electrons. The van der Waals surface area contributed by atoms with Crippen molar-refractivity contribution in [1.82, 2.24) is 19.7 Å². The summed E-state index contributed by atoms with van der Waals surface area (Å²) in [7, 11) is 2.64. The van der Waals surface area contributed by atoms with Crippen molar-refractivity contribution < 1.29 is 27.8 Å². The maximum Gasteiger partial charge on any atom is 0.416 e. The van der Waals surface area contributed by atoms with E-state index in [1.807, 2.05) is 6.92 Å². The van der Waals surface area contributed by atoms with Crippen LogP contribution in [0.3, 0.4) is 0 Å². The fraction of sp³-hybridized carbons (Fsp3) is 0.474. The molecule has 1 amide bonds. The van der Waals surface area contributed by atoms with Gasteiger partial charge in [-0.2, -0.15) is 13.2 Å². The number of carbonyl (C=O) groups is 1. The summed E-state index contributed by atoms with van der Waals surface area (Å²) in [6.45, 7) is 2.51. The van der Waals surface area contributed by atoms with Gasteiger partial charge in [-0.1, -0.05) is 6.92 Å². The van der Waals surface area contributed by atoms with Gasteiger partial charge in [-0.15, -0.1) is 10.2 Å². The molecule has 3 rings (SSSR count). The molecule has 0 spiro atoms. The van der Waals surface area contributed by atoms with E-state index in [0.717, 1.165) is 16.7 Å². The Morgan fingerprint density at radius 2 is 2.00 bits per heavy atom. The van der Waals surface area contributed by atoms with E-state index in [1.54, 1.807) is 0 Å². The standard InChI is InChI=1S/C19H22F3N5O4/c1-10-6-12(9-27(8-10)18(29)30)23-15-17(28)26(2)16(25-24-15)13-5-4-11(19(20,21)22)7-14(13)31-3/h4-5,7,10,12H,6,8-9H2,1-3H3,(H,23,24)(H,29,30)/t10-,12-/m1/s1. The van der Waals surface area contributed by atoms with Crippen molar-refractivity contribution in [3.63, 3.8) is 0 Å². The fourth-order valence-electron chi connectivity index (χ4n) is 3.65. The Morgan fingerprint density at radius 1 is 1.29 bits per heavy atom. The SMILES string of the molecule is COc1cc(C(F)(F)F)ccc1-c1nnc(N[C@@H]2C[C@@H](C)CN(C(=O)O)C2)c(=O)n1C. The summed E-state index contributed by atoms with van der Waals surface area (Å²) in [5.74, 6) is -0.0419. The molecule has 2 aromatic rings. The second-order valence-electron chi connectivity index (χ2n) is 7.52. The van der Waals surface area contributed by atoms with Gasteiger partial charge in [0.05, 0.1) is 18.2 Å². The van der Waals surface area contributed by atoms with E-state index in [4.69, 9.17) is 4.74 Å². The number of piperidine rings is 1. The summed E-state index contributed by atoms with van der Waals surface area (Å²) in [5, 5.41) is 20.1. The summed E-state index contributed by atoms with van der Waals surface area (Å²) < 4.78 is 45.1. The van der Waals surface area contributed by atoms with Crippen LogP contribution in [0.2, 0.25) is 0 Å². The molecule has 0 aliphatic carbocycles. The van der Waals surface area contributed by atoms with Crippen LogP contribution >= 0.6 is 0 Å². The Hall–Kier alpha value is -3.31. The molecule has 0 saturated carbocycles. The van der Waals surface area contributed by atoms with Crippen LogP contribution in [0.5, 0.6) is 5.75 Å². The Morgan fingerprint density at radius 3 is 2.61 bits per heavy atom. The van der Waals surface area contributed by atoms with E-state index in [0.29, 0.717) is 13.0 Å². The average Bonchev–Trinajstić information content (AvgIpc) is 2.70. The van der Waals surface area contributed by atoms with Crippen LogP contribution < -0.4 is 15.6 Å². The molecule has 9 nitrogen and oxygen atoms in total. The summed E-state index contributed by atoms with van der Waals surface area (Å²) in [6, 6.07) is 2.55. The van der Waals surface area contributed by atoms with Crippen molar-refractivity contribution in [1.29, 1.82) is 0 Å². The lowest BCUT2D eigenvalue weighted by Crippen LogP contribution is -2.48. The molecule has 1 aliphatic heterocycles. The lowest BCUT2D eigenvalue weighted by Gasteiger charge is -2.35. The maximum absolute atomic E-state index is 13.0. The van der Waals surface area contributed by atoms with Crippen LogP contribution in [-0.4, -0.2) is 57.1 Å². The van der Waals surface area contributed by atoms with Crippen LogP contribution in [-0.2, 0) is 13.2 Å². The van der Waals surface area contributed by atoms with Gasteiger partial charge in [0.1, 0.15) is 5.75 Å². The molecule has 12 heteroatoms. The van der Waals surface area contributed by atoms with Gasteiger partial charge < -0.3 is 20.1 Å². The Kier molecular flexibility index (Phi) is 6.09. The highest BCUT2D eigenvalue weighted by Gasteiger charge is 2.32. The Balaban J connectivity index is 1.91. The number of carboxylic acid groups (broad SMARTS) is 1. The van der Waals surface area contributed by atoms with Gasteiger partial charge in [-0.3, -0.25) is 9.36 Å². The number of anilines is 1. The van der Waals surface area contributed by atoms with Crippen molar-refractivity contribution in [2.45, 2.75) is 25.6 Å². The molecule has 0 bridgehead atoms. The minimum atomic E-state index is -4.54. The molecule has 2 atom stereocenters. The monoisotopic (exact) mass is 441 g/mol. The minimum absolute atomic E-state index is 0.0327. The molecule has 31 heavy (non-hydrogen) atoms. The number of nitrogens with zero attached hydrogens (tertiary/aromatic N) is 4. The molecule has 2 N–H and O–H groups in total. The molecular formula is C19H22F3N5O4. The van der Waals surface area contributed by atoms with Gasteiger partial charge in [0, 0.05) is 26.2 Å². The number of nitrogens with one attached hydrogen (secondary N) is 1. The van der Waals surface area contributed by atoms with Crippen molar-refractivity contribution in [3.8, 4) is 17.1 Å². The van der Waals surface area contributed by atoms with Gasteiger partial charge in [-0.25, -0.2) is 4.79 Å². The van der Waals surface area contributed by atoms with Gasteiger partial charge in [0.15, 0.2) is 5.82 Å². The fourth-order valence-corrected chi connectivity index (χ4v) is 3.65. The lowest BCUT2D eigenvalue weighted by molar-refractivity contribution is -0.137. The number of aromatic nitrogens is 3. The molecule has 1 aliphatic rings. The Bertz CT molecular complexity index is 1040. The topological polar surface area (TPSA) is 110 Å². The number of ether oxygens (including phenoxy) is 1. The van der Waals surface area contributed by atoms with E-state index >= 15 is 0 Å². The smallest absolute Gasteiger partial charge is 0.416 e. The summed E-state index contributed by atoms with van der Waals surface area (Å²) >= 11 is 0. The molecule has 1 aromatic heterocycles. The first-order valence-corrected chi connectivity index (χ1v) is 9.45. The number of halogens is 3. The first-order chi connectivity index (χ1) is 14.5. The summed E-state index contributed by atoms with van der Waals surface area (Å²) in [5.41, 5.74) is -1.26. The third-order valence-electron chi connectivity index (χ3n) is 5.11. The van der Waals surface area contributed by atoms with Crippen molar-refractivity contribution in [2.75, 3.05) is 25.5 Å². The minimum Gasteiger partial charge on any atom is -0.496 e. The number of hydrogen-bond acceptors (Lipinski definition) is 6. The van der Waals surface area contributed by atoms with Crippen molar-refractivity contribution >= 4 is 11.9 Å². The second-order valence-corrected chi connectivity index (χ2v) is 7.52. The van der Waals surface area contributed by atoms with Crippen LogP contribution in [0.4, 0.5) is 23.8 Å². The number of methoxy groups -OCH3 is 1. The normalized spacial score (nSPS) is 19.2. The van der Waals surface area contributed by atoms with E-state index in [2.05, 4.69) is 15.5 Å². The van der Waals surface area contributed by atoms with Crippen LogP contribution in [0.1, 0.15) is 18.9 Å². The third kappa shape index (κ3) is 4.72. The molecule has 1 aromatic carbocycles. The molecule has 0 unspecified atom stereocenters. The third-order valence-corrected chi connectivity index (χ3v) is 5.11. The molecular weight excluding hydrogens is 419 g/mol. The van der Waals surface area contributed by atoms with Gasteiger partial charge >= 0.3 is 12.3 Å². The highest BCUT2D eigenvalue weighted by molar-refractivity contribution is 5.66. The zero-order chi connectivity index (χ0) is 22.9. The van der Waals surface area contributed by atoms with Crippen LogP contribution in [0.15, 0.2) is 23.0 Å². The number of likely N-dealkylation sites (tertiary alicyclic amines) is 1. The average molecular weight is 441 g/mol. The highest BCUT2D eigenvalue weighted by Crippen LogP contribution is 2.36. The highest BCUT2D eigenvalue weighted by atomic mass is 19.4. The quantitative estimate of drug-likeness (QED) is 0.751. The van der Waals surface area contributed by atoms with Crippen LogP contribution in [0, 0.1) is 5.92 Å². The van der Waals surface area contributed by atoms with Crippen molar-refractivity contribution in [3.05, 3.63) is 34.1 Å². The zero-order valence-electron chi connectivity index (χ0n) is 17.1. The number of hydrogen-bond donors (Lipinski definition) is 2. The first-order valence-electron chi connectivity index (χ1n) is 9.45. The second kappa shape index (κ2) is 8.44.